The number of rotatable bonds is 7. The van der Waals surface area contributed by atoms with Crippen LogP contribution in [-0.4, -0.2) is 46.3 Å². The monoisotopic (exact) mass is 298 g/mol. The Morgan fingerprint density at radius 3 is 2.60 bits per heavy atom. The number of phenols is 1. The minimum absolute atomic E-state index is 0.177. The van der Waals surface area contributed by atoms with Crippen LogP contribution in [0.1, 0.15) is 12.5 Å². The Morgan fingerprint density at radius 2 is 2.05 bits per heavy atom. The summed E-state index contributed by atoms with van der Waals surface area (Å²) in [6.45, 7) is 1.85. The molecule has 0 aliphatic rings. The lowest BCUT2D eigenvalue weighted by atomic mass is 10.1. The first-order chi connectivity index (χ1) is 9.34. The van der Waals surface area contributed by atoms with Crippen molar-refractivity contribution in [2.75, 3.05) is 18.6 Å². The standard InChI is InChI=1S/C14H22N2O3S/c1-14(19,9-20-2)8-16-13(18)12(15)7-10-3-5-11(17)6-4-10/h3-6,12,17,19H,7-9,15H2,1-2H3,(H,16,18). The molecule has 2 unspecified atom stereocenters. The molecule has 1 aromatic rings. The molecule has 112 valence electrons. The highest BCUT2D eigenvalue weighted by Crippen LogP contribution is 2.11. The lowest BCUT2D eigenvalue weighted by Crippen LogP contribution is -2.48. The van der Waals surface area contributed by atoms with Gasteiger partial charge in [-0.3, -0.25) is 4.79 Å². The van der Waals surface area contributed by atoms with Crippen LogP contribution in [0, 0.1) is 0 Å². The van der Waals surface area contributed by atoms with Gasteiger partial charge in [0.15, 0.2) is 0 Å². The highest BCUT2D eigenvalue weighted by Gasteiger charge is 2.22. The topological polar surface area (TPSA) is 95.6 Å². The van der Waals surface area contributed by atoms with Crippen LogP contribution in [0.4, 0.5) is 0 Å². The number of hydrogen-bond donors (Lipinski definition) is 4. The van der Waals surface area contributed by atoms with Gasteiger partial charge in [0.25, 0.3) is 0 Å². The minimum Gasteiger partial charge on any atom is -0.508 e. The average Bonchev–Trinajstić information content (AvgIpc) is 2.38. The van der Waals surface area contributed by atoms with Gasteiger partial charge in [-0.15, -0.1) is 0 Å². The van der Waals surface area contributed by atoms with E-state index in [0.29, 0.717) is 12.2 Å². The van der Waals surface area contributed by atoms with Crippen LogP contribution in [0.3, 0.4) is 0 Å². The number of aliphatic hydroxyl groups is 1. The second kappa shape index (κ2) is 7.52. The number of aromatic hydroxyl groups is 1. The predicted octanol–water partition coefficient (Wildman–Crippen LogP) is 0.492. The van der Waals surface area contributed by atoms with Crippen molar-refractivity contribution in [3.8, 4) is 5.75 Å². The van der Waals surface area contributed by atoms with Gasteiger partial charge in [-0.05, 0) is 37.3 Å². The van der Waals surface area contributed by atoms with Crippen molar-refractivity contribution >= 4 is 17.7 Å². The SMILES string of the molecule is CSCC(C)(O)CNC(=O)C(N)Cc1ccc(O)cc1. The Hall–Kier alpha value is -1.24. The van der Waals surface area contributed by atoms with E-state index in [1.165, 1.54) is 11.8 Å². The maximum atomic E-state index is 11.9. The van der Waals surface area contributed by atoms with Crippen LogP contribution in [-0.2, 0) is 11.2 Å². The summed E-state index contributed by atoms with van der Waals surface area (Å²) < 4.78 is 0. The van der Waals surface area contributed by atoms with Gasteiger partial charge in [0.2, 0.25) is 5.91 Å². The summed E-state index contributed by atoms with van der Waals surface area (Å²) in [6.07, 6.45) is 2.28. The number of carbonyl (C=O) groups is 1. The molecule has 0 aliphatic carbocycles. The van der Waals surface area contributed by atoms with Crippen LogP contribution in [0.2, 0.25) is 0 Å². The van der Waals surface area contributed by atoms with Crippen molar-refractivity contribution < 1.29 is 15.0 Å². The third kappa shape index (κ3) is 5.81. The fourth-order valence-electron chi connectivity index (χ4n) is 1.75. The maximum absolute atomic E-state index is 11.9. The van der Waals surface area contributed by atoms with Gasteiger partial charge in [0, 0.05) is 12.3 Å². The Morgan fingerprint density at radius 1 is 1.45 bits per heavy atom. The summed E-state index contributed by atoms with van der Waals surface area (Å²) in [5, 5.41) is 21.8. The van der Waals surface area contributed by atoms with Gasteiger partial charge in [0.05, 0.1) is 11.6 Å². The van der Waals surface area contributed by atoms with Gasteiger partial charge in [-0.2, -0.15) is 11.8 Å². The molecule has 20 heavy (non-hydrogen) atoms. The molecule has 0 saturated carbocycles. The molecule has 0 aliphatic heterocycles. The van der Waals surface area contributed by atoms with E-state index in [2.05, 4.69) is 5.32 Å². The van der Waals surface area contributed by atoms with E-state index < -0.39 is 11.6 Å². The van der Waals surface area contributed by atoms with Gasteiger partial charge in [-0.1, -0.05) is 12.1 Å². The molecule has 0 saturated heterocycles. The maximum Gasteiger partial charge on any atom is 0.237 e. The Bertz CT molecular complexity index is 435. The van der Waals surface area contributed by atoms with E-state index in [4.69, 9.17) is 5.73 Å². The van der Waals surface area contributed by atoms with E-state index in [0.717, 1.165) is 5.56 Å². The fourth-order valence-corrected chi connectivity index (χ4v) is 2.47. The zero-order valence-corrected chi connectivity index (χ0v) is 12.6. The van der Waals surface area contributed by atoms with Crippen molar-refractivity contribution in [1.82, 2.24) is 5.32 Å². The molecule has 5 nitrogen and oxygen atoms in total. The molecule has 1 rings (SSSR count). The Balaban J connectivity index is 2.45. The van der Waals surface area contributed by atoms with E-state index in [9.17, 15) is 15.0 Å². The number of phenolic OH excluding ortho intramolecular Hbond substituents is 1. The third-order valence-corrected chi connectivity index (χ3v) is 3.74. The van der Waals surface area contributed by atoms with Crippen LogP contribution < -0.4 is 11.1 Å². The minimum atomic E-state index is -0.937. The average molecular weight is 298 g/mol. The van der Waals surface area contributed by atoms with Gasteiger partial charge < -0.3 is 21.3 Å². The van der Waals surface area contributed by atoms with Crippen molar-refractivity contribution in [3.05, 3.63) is 29.8 Å². The Labute approximate surface area is 123 Å². The molecule has 6 heteroatoms. The quantitative estimate of drug-likeness (QED) is 0.588. The first-order valence-corrected chi connectivity index (χ1v) is 7.76. The van der Waals surface area contributed by atoms with Crippen LogP contribution >= 0.6 is 11.8 Å². The van der Waals surface area contributed by atoms with Crippen molar-refractivity contribution in [1.29, 1.82) is 0 Å². The first-order valence-electron chi connectivity index (χ1n) is 6.36. The molecule has 1 amide bonds. The molecule has 0 bridgehead atoms. The smallest absolute Gasteiger partial charge is 0.237 e. The van der Waals surface area contributed by atoms with Gasteiger partial charge in [0.1, 0.15) is 5.75 Å². The lowest BCUT2D eigenvalue weighted by Gasteiger charge is -2.23. The summed E-state index contributed by atoms with van der Waals surface area (Å²) in [5.41, 5.74) is 5.77. The highest BCUT2D eigenvalue weighted by atomic mass is 32.2. The number of amides is 1. The lowest BCUT2D eigenvalue weighted by molar-refractivity contribution is -0.123. The number of carbonyl (C=O) groups excluding carboxylic acids is 1. The number of thioether (sulfide) groups is 1. The van der Waals surface area contributed by atoms with Crippen LogP contribution in [0.5, 0.6) is 5.75 Å². The Kier molecular flexibility index (Phi) is 6.32. The third-order valence-electron chi connectivity index (χ3n) is 2.83. The summed E-state index contributed by atoms with van der Waals surface area (Å²) in [7, 11) is 0. The van der Waals surface area contributed by atoms with Crippen molar-refractivity contribution in [2.24, 2.45) is 5.73 Å². The van der Waals surface area contributed by atoms with E-state index in [-0.39, 0.29) is 18.2 Å². The van der Waals surface area contributed by atoms with Crippen LogP contribution in [0.25, 0.3) is 0 Å². The first kappa shape index (κ1) is 16.8. The van der Waals surface area contributed by atoms with Crippen LogP contribution in [0.15, 0.2) is 24.3 Å². The second-order valence-electron chi connectivity index (χ2n) is 5.12. The molecule has 5 N–H and O–H groups in total. The number of benzene rings is 1. The molecule has 0 radical (unpaired) electrons. The highest BCUT2D eigenvalue weighted by molar-refractivity contribution is 7.98. The zero-order valence-electron chi connectivity index (χ0n) is 11.8. The molecule has 0 heterocycles. The predicted molar refractivity (Wildman–Crippen MR) is 81.8 cm³/mol. The second-order valence-corrected chi connectivity index (χ2v) is 5.99. The molecule has 0 aromatic heterocycles. The molecular formula is C14H22N2O3S. The molecule has 0 fully saturated rings. The zero-order chi connectivity index (χ0) is 15.2. The summed E-state index contributed by atoms with van der Waals surface area (Å²) >= 11 is 1.52. The van der Waals surface area contributed by atoms with Crippen molar-refractivity contribution in [3.63, 3.8) is 0 Å². The summed E-state index contributed by atoms with van der Waals surface area (Å²) in [6, 6.07) is 5.90. The van der Waals surface area contributed by atoms with E-state index in [1.54, 1.807) is 31.2 Å². The van der Waals surface area contributed by atoms with Gasteiger partial charge >= 0.3 is 0 Å². The largest absolute Gasteiger partial charge is 0.508 e. The number of hydrogen-bond acceptors (Lipinski definition) is 5. The van der Waals surface area contributed by atoms with Crippen molar-refractivity contribution in [2.45, 2.75) is 25.0 Å². The fraction of sp³-hybridized carbons (Fsp3) is 0.500. The summed E-state index contributed by atoms with van der Waals surface area (Å²) in [4.78, 5) is 11.9. The summed E-state index contributed by atoms with van der Waals surface area (Å²) in [5.74, 6) is 0.430. The number of nitrogens with two attached hydrogens (primary N) is 1. The normalized spacial score (nSPS) is 15.4. The van der Waals surface area contributed by atoms with E-state index in [1.807, 2.05) is 6.26 Å². The number of nitrogens with one attached hydrogen (secondary N) is 1. The molecule has 1 aromatic carbocycles. The molecular weight excluding hydrogens is 276 g/mol. The van der Waals surface area contributed by atoms with Gasteiger partial charge in [-0.25, -0.2) is 0 Å². The van der Waals surface area contributed by atoms with E-state index >= 15 is 0 Å². The molecule has 0 spiro atoms. The molecule has 2 atom stereocenters.